The van der Waals surface area contributed by atoms with E-state index in [-0.39, 0.29) is 70.8 Å². The van der Waals surface area contributed by atoms with E-state index in [1.807, 2.05) is 115 Å². The molecular formula is C46H33N. The predicted octanol–water partition coefficient (Wildman–Crippen LogP) is 13.0. The second-order valence-electron chi connectivity index (χ2n) is 11.1. The number of anilines is 3. The molecule has 0 N–H and O–H groups in total. The van der Waals surface area contributed by atoms with E-state index < -0.39 is 0 Å². The van der Waals surface area contributed by atoms with Gasteiger partial charge >= 0.3 is 0 Å². The molecule has 0 saturated heterocycles. The fourth-order valence-electron chi connectivity index (χ4n) is 5.93. The Morgan fingerprint density at radius 3 is 1.51 bits per heavy atom. The van der Waals surface area contributed by atoms with Crippen LogP contribution in [0.2, 0.25) is 0 Å². The molecule has 222 valence electrons. The molecule has 0 aromatic heterocycles. The average Bonchev–Trinajstić information content (AvgIpc) is 3.23. The Balaban J connectivity index is 1.35. The first kappa shape index (κ1) is 20.8. The van der Waals surface area contributed by atoms with Crippen LogP contribution in [0.5, 0.6) is 0 Å². The van der Waals surface area contributed by atoms with Crippen LogP contribution in [0.25, 0.3) is 55.3 Å². The number of hydrogen-bond donors (Lipinski definition) is 0. The fourth-order valence-corrected chi connectivity index (χ4v) is 5.93. The lowest BCUT2D eigenvalue weighted by atomic mass is 9.91. The summed E-state index contributed by atoms with van der Waals surface area (Å²) < 4.78 is 74.7. The number of benzene rings is 8. The summed E-state index contributed by atoms with van der Waals surface area (Å²) in [5, 5.41) is 1.67. The molecule has 1 heteroatoms. The van der Waals surface area contributed by atoms with E-state index in [0.29, 0.717) is 16.8 Å². The normalized spacial score (nSPS) is 13.4. The average molecular weight is 608 g/mol. The molecule has 0 fully saturated rings. The predicted molar refractivity (Wildman–Crippen MR) is 200 cm³/mol. The summed E-state index contributed by atoms with van der Waals surface area (Å²) in [6.07, 6.45) is 0. The molecule has 0 radical (unpaired) electrons. The molecule has 0 unspecified atom stereocenters. The van der Waals surface area contributed by atoms with Gasteiger partial charge in [-0.3, -0.25) is 0 Å². The third-order valence-corrected chi connectivity index (χ3v) is 8.22. The van der Waals surface area contributed by atoms with E-state index in [4.69, 9.17) is 0 Å². The monoisotopic (exact) mass is 607 g/mol. The van der Waals surface area contributed by atoms with Gasteiger partial charge in [-0.25, -0.2) is 0 Å². The molecule has 8 aromatic rings. The second-order valence-corrected chi connectivity index (χ2v) is 11.1. The Bertz CT molecular complexity index is 2670. The Morgan fingerprint density at radius 1 is 0.319 bits per heavy atom. The van der Waals surface area contributed by atoms with Crippen molar-refractivity contribution >= 4 is 27.8 Å². The zero-order chi connectivity index (χ0) is 38.4. The van der Waals surface area contributed by atoms with Gasteiger partial charge in [0.25, 0.3) is 0 Å². The lowest BCUT2D eigenvalue weighted by molar-refractivity contribution is 1.28. The maximum Gasteiger partial charge on any atom is 0.0645 e. The largest absolute Gasteiger partial charge is 0.311 e. The zero-order valence-corrected chi connectivity index (χ0v) is 25.4. The Morgan fingerprint density at radius 2 is 0.851 bits per heavy atom. The number of rotatable bonds is 7. The third kappa shape index (κ3) is 5.72. The zero-order valence-electron chi connectivity index (χ0n) is 33.4. The quantitative estimate of drug-likeness (QED) is 0.174. The maximum atomic E-state index is 9.41. The van der Waals surface area contributed by atoms with Crippen molar-refractivity contribution in [1.82, 2.24) is 0 Å². The minimum Gasteiger partial charge on any atom is -0.311 e. The molecule has 0 saturated carbocycles. The van der Waals surface area contributed by atoms with Crippen LogP contribution in [0.4, 0.5) is 17.1 Å². The Hall–Kier alpha value is -6.18. The van der Waals surface area contributed by atoms with Crippen LogP contribution in [-0.2, 0) is 0 Å². The first-order chi connectivity index (χ1) is 26.7. The molecule has 0 aliphatic rings. The van der Waals surface area contributed by atoms with Gasteiger partial charge in [0.15, 0.2) is 0 Å². The molecule has 8 aromatic carbocycles. The van der Waals surface area contributed by atoms with Crippen LogP contribution in [0.15, 0.2) is 200 Å². The maximum absolute atomic E-state index is 9.41. The molecule has 0 atom stereocenters. The van der Waals surface area contributed by atoms with Gasteiger partial charge in [-0.2, -0.15) is 0 Å². The molecule has 0 amide bonds. The molecule has 0 bridgehead atoms. The van der Waals surface area contributed by atoms with Crippen molar-refractivity contribution in [3.8, 4) is 44.5 Å². The van der Waals surface area contributed by atoms with Crippen LogP contribution in [0.1, 0.15) is 11.0 Å². The van der Waals surface area contributed by atoms with Crippen LogP contribution in [0.3, 0.4) is 0 Å². The molecule has 0 aliphatic carbocycles. The summed E-state index contributed by atoms with van der Waals surface area (Å²) >= 11 is 0. The summed E-state index contributed by atoms with van der Waals surface area (Å²) in [5.74, 6) is 0. The topological polar surface area (TPSA) is 3.24 Å². The van der Waals surface area contributed by atoms with Crippen molar-refractivity contribution in [1.29, 1.82) is 0 Å². The fraction of sp³-hybridized carbons (Fsp3) is 0. The standard InChI is InChI=1S/C46H33N/c1-4-13-35(14-5-1)45-32-27-39(33-46(45)37-15-6-2-7-16-37)34-23-28-41(29-24-34)47(40-19-8-3-9-20-40)42-30-25-38(26-31-42)44-22-12-18-36-17-10-11-21-43(36)44/h1-33H/i23D,24D,25D,26D,28D,29D,30D,31D. The molecule has 0 heterocycles. The SMILES string of the molecule is [2H]c1c([2H])c(N(c2ccccc2)c2c([2H])c([2H])c(-c3cccc4ccccc34)c([2H])c2[2H])c([2H])c([2H])c1-c1ccc(-c2ccccc2)c(-c2ccccc2)c1. The van der Waals surface area contributed by atoms with Crippen molar-refractivity contribution < 1.29 is 11.0 Å². The van der Waals surface area contributed by atoms with E-state index in [2.05, 4.69) is 0 Å². The van der Waals surface area contributed by atoms with Gasteiger partial charge in [0, 0.05) is 17.1 Å². The lowest BCUT2D eigenvalue weighted by Crippen LogP contribution is -2.09. The van der Waals surface area contributed by atoms with Gasteiger partial charge in [-0.05, 0) is 97.6 Å². The summed E-state index contributed by atoms with van der Waals surface area (Å²) in [5.41, 5.74) is 5.01. The number of hydrogen-bond acceptors (Lipinski definition) is 1. The highest BCUT2D eigenvalue weighted by atomic mass is 15.1. The van der Waals surface area contributed by atoms with Crippen molar-refractivity contribution in [2.24, 2.45) is 0 Å². The van der Waals surface area contributed by atoms with E-state index in [1.165, 1.54) is 4.90 Å². The molecule has 1 nitrogen and oxygen atoms in total. The van der Waals surface area contributed by atoms with E-state index >= 15 is 0 Å². The van der Waals surface area contributed by atoms with Crippen molar-refractivity contribution in [3.63, 3.8) is 0 Å². The van der Waals surface area contributed by atoms with E-state index in [9.17, 15) is 11.0 Å². The van der Waals surface area contributed by atoms with Gasteiger partial charge in [0.2, 0.25) is 0 Å². The summed E-state index contributed by atoms with van der Waals surface area (Å²) in [6.45, 7) is 0. The van der Waals surface area contributed by atoms with Crippen LogP contribution in [0, 0.1) is 0 Å². The van der Waals surface area contributed by atoms with Crippen molar-refractivity contribution in [2.75, 3.05) is 4.90 Å². The molecule has 47 heavy (non-hydrogen) atoms. The molecule has 0 spiro atoms. The first-order valence-electron chi connectivity index (χ1n) is 19.5. The van der Waals surface area contributed by atoms with Crippen LogP contribution >= 0.6 is 0 Å². The van der Waals surface area contributed by atoms with Gasteiger partial charge in [0.05, 0.1) is 11.0 Å². The van der Waals surface area contributed by atoms with Crippen molar-refractivity contribution in [2.45, 2.75) is 0 Å². The highest BCUT2D eigenvalue weighted by Crippen LogP contribution is 2.39. The van der Waals surface area contributed by atoms with Gasteiger partial charge in [-0.1, -0.05) is 158 Å². The van der Waals surface area contributed by atoms with Crippen LogP contribution < -0.4 is 4.90 Å². The number of para-hydroxylation sites is 1. The first-order valence-corrected chi connectivity index (χ1v) is 15.5. The van der Waals surface area contributed by atoms with Gasteiger partial charge in [0.1, 0.15) is 0 Å². The van der Waals surface area contributed by atoms with E-state index in [0.717, 1.165) is 33.0 Å². The molecule has 0 aliphatic heterocycles. The van der Waals surface area contributed by atoms with E-state index in [1.54, 1.807) is 36.4 Å². The molecular weight excluding hydrogens is 567 g/mol. The Labute approximate surface area is 287 Å². The van der Waals surface area contributed by atoms with Gasteiger partial charge < -0.3 is 4.90 Å². The highest BCUT2D eigenvalue weighted by Gasteiger charge is 2.15. The van der Waals surface area contributed by atoms with Crippen LogP contribution in [-0.4, -0.2) is 0 Å². The number of fused-ring (bicyclic) bond motifs is 1. The smallest absolute Gasteiger partial charge is 0.0645 e. The second kappa shape index (κ2) is 12.7. The summed E-state index contributed by atoms with van der Waals surface area (Å²) in [4.78, 5) is 1.33. The third-order valence-electron chi connectivity index (χ3n) is 8.22. The molecule has 8 rings (SSSR count). The van der Waals surface area contributed by atoms with Crippen molar-refractivity contribution in [3.05, 3.63) is 200 Å². The summed E-state index contributed by atoms with van der Waals surface area (Å²) in [7, 11) is 0. The minimum absolute atomic E-state index is 0.106. The highest BCUT2D eigenvalue weighted by molar-refractivity contribution is 5.97. The Kier molecular flexibility index (Phi) is 5.60. The summed E-state index contributed by atoms with van der Waals surface area (Å²) in [6, 6.07) is 44.3. The number of nitrogens with zero attached hydrogens (tertiary/aromatic N) is 1. The van der Waals surface area contributed by atoms with Gasteiger partial charge in [-0.15, -0.1) is 0 Å². The minimum atomic E-state index is -0.386. The lowest BCUT2D eigenvalue weighted by Gasteiger charge is -2.26.